The number of ketones is 1. The van der Waals surface area contributed by atoms with E-state index in [4.69, 9.17) is 14.2 Å². The third-order valence-corrected chi connectivity index (χ3v) is 5.67. The Kier molecular flexibility index (Phi) is 6.19. The lowest BCUT2D eigenvalue weighted by Crippen LogP contribution is -2.51. The van der Waals surface area contributed by atoms with Crippen LogP contribution in [0, 0.1) is 17.8 Å². The summed E-state index contributed by atoms with van der Waals surface area (Å²) in [5, 5.41) is 0. The molecule has 2 aliphatic rings. The minimum atomic E-state index is -0.922. The van der Waals surface area contributed by atoms with E-state index >= 15 is 0 Å². The van der Waals surface area contributed by atoms with Crippen LogP contribution in [-0.2, 0) is 19.0 Å². The number of esters is 1. The van der Waals surface area contributed by atoms with Gasteiger partial charge in [0.05, 0.1) is 18.6 Å². The molecule has 1 aliphatic carbocycles. The zero-order valence-corrected chi connectivity index (χ0v) is 20.3. The molecule has 4 atom stereocenters. The van der Waals surface area contributed by atoms with Gasteiger partial charge in [-0.3, -0.25) is 14.5 Å². The van der Waals surface area contributed by atoms with Gasteiger partial charge in [0.1, 0.15) is 16.9 Å². The number of benzene rings is 1. The third-order valence-electron chi connectivity index (χ3n) is 5.67. The normalized spacial score (nSPS) is 27.1. The fraction of sp³-hybridized carbons (Fsp3) is 0.640. The molecule has 1 saturated carbocycles. The van der Waals surface area contributed by atoms with Crippen LogP contribution in [0.1, 0.15) is 65.7 Å². The standard InChI is InChI=1S/C25H35NO6/c1-23(2,3)31-21(28)19-17(18(19)20(27)15-12-10-9-11-13-15)16-14-30-25(7,8)26(16)22(29)32-24(4,5)6/h9-13,16-19H,14H2,1-8H3/t16-,17+,18+,19-/m0/s1. The maximum absolute atomic E-state index is 13.3. The average Bonchev–Trinajstić information content (AvgIpc) is 3.29. The van der Waals surface area contributed by atoms with Gasteiger partial charge in [-0.05, 0) is 55.4 Å². The molecule has 7 heteroatoms. The van der Waals surface area contributed by atoms with Crippen molar-refractivity contribution in [3.8, 4) is 0 Å². The highest BCUT2D eigenvalue weighted by molar-refractivity contribution is 6.03. The first-order valence-corrected chi connectivity index (χ1v) is 11.1. The quantitative estimate of drug-likeness (QED) is 0.503. The highest BCUT2D eigenvalue weighted by Crippen LogP contribution is 2.55. The van der Waals surface area contributed by atoms with Crippen LogP contribution in [0.15, 0.2) is 30.3 Å². The number of rotatable bonds is 4. The topological polar surface area (TPSA) is 82.1 Å². The van der Waals surface area contributed by atoms with E-state index in [1.807, 2.05) is 6.07 Å². The number of amides is 1. The van der Waals surface area contributed by atoms with Gasteiger partial charge < -0.3 is 14.2 Å². The molecule has 3 rings (SSSR count). The average molecular weight is 446 g/mol. The van der Waals surface area contributed by atoms with E-state index in [2.05, 4.69) is 0 Å². The van der Waals surface area contributed by atoms with Crippen LogP contribution in [0.2, 0.25) is 0 Å². The van der Waals surface area contributed by atoms with Crippen LogP contribution in [0.5, 0.6) is 0 Å². The Morgan fingerprint density at radius 1 is 0.938 bits per heavy atom. The van der Waals surface area contributed by atoms with E-state index in [-0.39, 0.29) is 12.4 Å². The van der Waals surface area contributed by atoms with Gasteiger partial charge in [0.2, 0.25) is 0 Å². The van der Waals surface area contributed by atoms with Gasteiger partial charge in [0.25, 0.3) is 0 Å². The molecule has 0 spiro atoms. The highest BCUT2D eigenvalue weighted by atomic mass is 16.6. The Morgan fingerprint density at radius 3 is 2.03 bits per heavy atom. The number of Topliss-reactive ketones (excluding diaryl/α,β-unsaturated/α-hetero) is 1. The first-order chi connectivity index (χ1) is 14.6. The van der Waals surface area contributed by atoms with Gasteiger partial charge in [-0.25, -0.2) is 4.79 Å². The van der Waals surface area contributed by atoms with Crippen molar-refractivity contribution < 1.29 is 28.6 Å². The molecule has 1 aromatic carbocycles. The molecule has 7 nitrogen and oxygen atoms in total. The molecule has 1 saturated heterocycles. The molecule has 0 bridgehead atoms. The van der Waals surface area contributed by atoms with Crippen molar-refractivity contribution in [1.29, 1.82) is 0 Å². The Morgan fingerprint density at radius 2 is 1.50 bits per heavy atom. The number of hydrogen-bond acceptors (Lipinski definition) is 6. The number of hydrogen-bond donors (Lipinski definition) is 0. The second-order valence-electron chi connectivity index (χ2n) is 11.1. The van der Waals surface area contributed by atoms with Crippen molar-refractivity contribution in [2.24, 2.45) is 17.8 Å². The Hall–Kier alpha value is -2.41. The van der Waals surface area contributed by atoms with Crippen LogP contribution in [-0.4, -0.2) is 52.3 Å². The number of carbonyl (C=O) groups is 3. The van der Waals surface area contributed by atoms with Gasteiger partial charge >= 0.3 is 12.1 Å². The largest absolute Gasteiger partial charge is 0.460 e. The summed E-state index contributed by atoms with van der Waals surface area (Å²) in [6, 6.07) is 8.43. The van der Waals surface area contributed by atoms with Gasteiger partial charge in [-0.2, -0.15) is 0 Å². The summed E-state index contributed by atoms with van der Waals surface area (Å²) in [5.74, 6) is -2.19. The summed E-state index contributed by atoms with van der Waals surface area (Å²) < 4.78 is 17.2. The monoisotopic (exact) mass is 445 g/mol. The molecule has 0 N–H and O–H groups in total. The smallest absolute Gasteiger partial charge is 0.412 e. The van der Waals surface area contributed by atoms with E-state index < -0.39 is 52.8 Å². The molecule has 0 aromatic heterocycles. The van der Waals surface area contributed by atoms with E-state index in [9.17, 15) is 14.4 Å². The molecule has 1 amide bonds. The summed E-state index contributed by atoms with van der Waals surface area (Å²) in [6.45, 7) is 14.6. The fourth-order valence-corrected chi connectivity index (χ4v) is 4.40. The van der Waals surface area contributed by atoms with E-state index in [0.717, 1.165) is 0 Å². The third kappa shape index (κ3) is 5.14. The van der Waals surface area contributed by atoms with Crippen LogP contribution in [0.25, 0.3) is 0 Å². The SMILES string of the molecule is CC(C)(C)OC(=O)[C@@H]1[C@H](C(=O)c2ccccc2)[C@H]1[C@@H]1COC(C)(C)N1C(=O)OC(C)(C)C. The zero-order valence-electron chi connectivity index (χ0n) is 20.3. The van der Waals surface area contributed by atoms with Gasteiger partial charge in [-0.15, -0.1) is 0 Å². The van der Waals surface area contributed by atoms with Crippen LogP contribution in [0.3, 0.4) is 0 Å². The second kappa shape index (κ2) is 8.18. The number of carbonyl (C=O) groups excluding carboxylic acids is 3. The molecule has 0 radical (unpaired) electrons. The van der Waals surface area contributed by atoms with E-state index in [1.165, 1.54) is 0 Å². The number of nitrogens with zero attached hydrogens (tertiary/aromatic N) is 1. The lowest BCUT2D eigenvalue weighted by Gasteiger charge is -2.35. The molecule has 1 aromatic rings. The van der Waals surface area contributed by atoms with Gasteiger partial charge in [0, 0.05) is 17.4 Å². The first kappa shape index (κ1) is 24.2. The summed E-state index contributed by atoms with van der Waals surface area (Å²) in [6.07, 6.45) is -0.522. The lowest BCUT2D eigenvalue weighted by molar-refractivity contribution is -0.157. The van der Waals surface area contributed by atoms with Crippen molar-refractivity contribution in [3.63, 3.8) is 0 Å². The maximum Gasteiger partial charge on any atom is 0.412 e. The molecule has 2 fully saturated rings. The minimum Gasteiger partial charge on any atom is -0.460 e. The van der Waals surface area contributed by atoms with Crippen molar-refractivity contribution >= 4 is 17.8 Å². The Balaban J connectivity index is 1.93. The maximum atomic E-state index is 13.3. The fourth-order valence-electron chi connectivity index (χ4n) is 4.40. The Bertz CT molecular complexity index is 880. The van der Waals surface area contributed by atoms with Crippen LogP contribution >= 0.6 is 0 Å². The van der Waals surface area contributed by atoms with Crippen molar-refractivity contribution in [1.82, 2.24) is 4.90 Å². The van der Waals surface area contributed by atoms with Crippen molar-refractivity contribution in [2.75, 3.05) is 6.61 Å². The lowest BCUT2D eigenvalue weighted by atomic mass is 10.0. The second-order valence-corrected chi connectivity index (χ2v) is 11.1. The molecule has 176 valence electrons. The predicted molar refractivity (Wildman–Crippen MR) is 119 cm³/mol. The van der Waals surface area contributed by atoms with Gasteiger partial charge in [-0.1, -0.05) is 30.3 Å². The van der Waals surface area contributed by atoms with Gasteiger partial charge in [0.15, 0.2) is 5.78 Å². The summed E-state index contributed by atoms with van der Waals surface area (Å²) >= 11 is 0. The van der Waals surface area contributed by atoms with Crippen molar-refractivity contribution in [3.05, 3.63) is 35.9 Å². The highest BCUT2D eigenvalue weighted by Gasteiger charge is 2.67. The van der Waals surface area contributed by atoms with E-state index in [0.29, 0.717) is 5.56 Å². The Labute approximate surface area is 190 Å². The van der Waals surface area contributed by atoms with Crippen molar-refractivity contribution in [2.45, 2.75) is 78.4 Å². The molecule has 1 heterocycles. The predicted octanol–water partition coefficient (Wildman–Crippen LogP) is 4.45. The molecular formula is C25H35NO6. The molecule has 1 aliphatic heterocycles. The molecular weight excluding hydrogens is 410 g/mol. The molecule has 0 unspecified atom stereocenters. The number of ether oxygens (including phenoxy) is 3. The zero-order chi connectivity index (χ0) is 24.1. The summed E-state index contributed by atoms with van der Waals surface area (Å²) in [4.78, 5) is 41.0. The minimum absolute atomic E-state index is 0.125. The molecule has 32 heavy (non-hydrogen) atoms. The summed E-state index contributed by atoms with van der Waals surface area (Å²) in [7, 11) is 0. The van der Waals surface area contributed by atoms with E-state index in [1.54, 1.807) is 84.6 Å². The summed E-state index contributed by atoms with van der Waals surface area (Å²) in [5.41, 5.74) is -1.75. The van der Waals surface area contributed by atoms with Crippen LogP contribution in [0.4, 0.5) is 4.79 Å². The first-order valence-electron chi connectivity index (χ1n) is 11.1. The van der Waals surface area contributed by atoms with Crippen LogP contribution < -0.4 is 0 Å².